The summed E-state index contributed by atoms with van der Waals surface area (Å²) in [6.07, 6.45) is 2.97. The molecule has 0 spiro atoms. The molecule has 0 heterocycles. The molecule has 0 aliphatic heterocycles. The van der Waals surface area contributed by atoms with Crippen molar-refractivity contribution in [3.05, 3.63) is 71.8 Å². The Balaban J connectivity index is 2.40. The smallest absolute Gasteiger partial charge is 0.330 e. The minimum atomic E-state index is -2.31. The Kier molecular flexibility index (Phi) is 5.29. The van der Waals surface area contributed by atoms with Crippen molar-refractivity contribution in [2.75, 3.05) is 7.11 Å². The second kappa shape index (κ2) is 7.20. The second-order valence-corrected chi connectivity index (χ2v) is 10.0. The first-order valence-corrected chi connectivity index (χ1v) is 10.4. The Morgan fingerprint density at radius 3 is 2.22 bits per heavy atom. The number of hydrogen-bond donors (Lipinski definition) is 0. The Morgan fingerprint density at radius 2 is 1.57 bits per heavy atom. The molecule has 0 unspecified atom stereocenters. The molecule has 3 nitrogen and oxygen atoms in total. The molecule has 0 saturated heterocycles. The van der Waals surface area contributed by atoms with Crippen molar-refractivity contribution in [2.24, 2.45) is 0 Å². The van der Waals surface area contributed by atoms with Crippen LogP contribution in [0.5, 0.6) is 0 Å². The highest BCUT2D eigenvalue weighted by molar-refractivity contribution is 7.14. The van der Waals surface area contributed by atoms with E-state index in [-0.39, 0.29) is 5.41 Å². The van der Waals surface area contributed by atoms with Gasteiger partial charge in [-0.3, -0.25) is 4.79 Å². The highest BCUT2D eigenvalue weighted by Gasteiger charge is 2.34. The van der Waals surface area contributed by atoms with Crippen LogP contribution in [-0.2, 0) is 9.53 Å². The van der Waals surface area contributed by atoms with E-state index in [1.165, 1.54) is 13.2 Å². The van der Waals surface area contributed by atoms with Crippen molar-refractivity contribution in [1.82, 2.24) is 0 Å². The first-order chi connectivity index (χ1) is 11.0. The van der Waals surface area contributed by atoms with Crippen LogP contribution in [0.1, 0.15) is 15.9 Å². The Morgan fingerprint density at radius 1 is 0.957 bits per heavy atom. The van der Waals surface area contributed by atoms with Gasteiger partial charge in [-0.2, -0.15) is 0 Å². The van der Waals surface area contributed by atoms with Gasteiger partial charge in [-0.1, -0.05) is 72.9 Å². The molecule has 2 rings (SSSR count). The standard InChI is InChI=1S/C19H20O3Si/c1-22-18(20)14-13-15-9-7-8-12-17(15)19(21)23(2,3)16-10-5-4-6-11-16/h4-14H,1-3H3/b14-13+. The summed E-state index contributed by atoms with van der Waals surface area (Å²) in [7, 11) is -0.980. The van der Waals surface area contributed by atoms with Crippen molar-refractivity contribution in [1.29, 1.82) is 0 Å². The molecule has 0 aromatic heterocycles. The molecular formula is C19H20O3Si. The summed E-state index contributed by atoms with van der Waals surface area (Å²) in [6.45, 7) is 4.09. The quantitative estimate of drug-likeness (QED) is 0.482. The third kappa shape index (κ3) is 3.84. The van der Waals surface area contributed by atoms with E-state index in [1.54, 1.807) is 6.08 Å². The third-order valence-electron chi connectivity index (χ3n) is 3.87. The molecule has 0 aliphatic carbocycles. The predicted octanol–water partition coefficient (Wildman–Crippen LogP) is 3.21. The molecule has 0 bridgehead atoms. The van der Waals surface area contributed by atoms with Crippen molar-refractivity contribution in [3.63, 3.8) is 0 Å². The van der Waals surface area contributed by atoms with E-state index >= 15 is 0 Å². The zero-order chi connectivity index (χ0) is 16.9. The lowest BCUT2D eigenvalue weighted by atomic mass is 10.1. The monoisotopic (exact) mass is 324 g/mol. The molecule has 0 N–H and O–H groups in total. The van der Waals surface area contributed by atoms with Crippen LogP contribution in [0.4, 0.5) is 0 Å². The molecule has 0 saturated carbocycles. The van der Waals surface area contributed by atoms with Crippen LogP contribution in [-0.4, -0.2) is 26.6 Å². The zero-order valence-electron chi connectivity index (χ0n) is 13.6. The number of benzene rings is 2. The maximum Gasteiger partial charge on any atom is 0.330 e. The third-order valence-corrected chi connectivity index (χ3v) is 7.05. The van der Waals surface area contributed by atoms with Gasteiger partial charge < -0.3 is 4.74 Å². The molecule has 0 radical (unpaired) electrons. The average Bonchev–Trinajstić information content (AvgIpc) is 2.60. The number of methoxy groups -OCH3 is 1. The van der Waals surface area contributed by atoms with E-state index in [1.807, 2.05) is 67.7 Å². The summed E-state index contributed by atoms with van der Waals surface area (Å²) in [4.78, 5) is 24.4. The molecule has 0 atom stereocenters. The molecule has 23 heavy (non-hydrogen) atoms. The van der Waals surface area contributed by atoms with E-state index in [0.29, 0.717) is 5.56 Å². The fourth-order valence-corrected chi connectivity index (χ4v) is 4.59. The Bertz CT molecular complexity index is 733. The van der Waals surface area contributed by atoms with Crippen LogP contribution >= 0.6 is 0 Å². The summed E-state index contributed by atoms with van der Waals surface area (Å²) in [5, 5.41) is 1.24. The summed E-state index contributed by atoms with van der Waals surface area (Å²) in [5.74, 6) is -0.438. The highest BCUT2D eigenvalue weighted by Crippen LogP contribution is 2.18. The number of hydrogen-bond acceptors (Lipinski definition) is 3. The molecule has 0 amide bonds. The van der Waals surface area contributed by atoms with Gasteiger partial charge in [0.15, 0.2) is 8.07 Å². The number of carbonyl (C=O) groups excluding carboxylic acids is 2. The van der Waals surface area contributed by atoms with Crippen LogP contribution in [0.15, 0.2) is 60.7 Å². The number of carbonyl (C=O) groups is 2. The maximum atomic E-state index is 13.1. The van der Waals surface area contributed by atoms with Crippen molar-refractivity contribution in [3.8, 4) is 0 Å². The number of rotatable bonds is 5. The Hall–Kier alpha value is -2.46. The molecule has 4 heteroatoms. The normalized spacial score (nSPS) is 11.4. The molecule has 0 fully saturated rings. The van der Waals surface area contributed by atoms with Crippen LogP contribution in [0, 0.1) is 0 Å². The predicted molar refractivity (Wildman–Crippen MR) is 95.4 cm³/mol. The fourth-order valence-electron chi connectivity index (χ4n) is 2.40. The summed E-state index contributed by atoms with van der Waals surface area (Å²) in [5.41, 5.74) is 1.38. The van der Waals surface area contributed by atoms with Crippen LogP contribution in [0.25, 0.3) is 6.08 Å². The lowest BCUT2D eigenvalue weighted by Crippen LogP contribution is -2.49. The summed E-state index contributed by atoms with van der Waals surface area (Å²) < 4.78 is 4.61. The minimum absolute atomic E-state index is 0.147. The van der Waals surface area contributed by atoms with Gasteiger partial charge in [0, 0.05) is 11.6 Å². The van der Waals surface area contributed by atoms with Gasteiger partial charge in [-0.25, -0.2) is 4.79 Å². The van der Waals surface area contributed by atoms with Crippen LogP contribution in [0.2, 0.25) is 13.1 Å². The SMILES string of the molecule is COC(=O)/C=C/c1ccccc1C(=O)[Si](C)(C)c1ccccc1. The van der Waals surface area contributed by atoms with E-state index in [4.69, 9.17) is 0 Å². The van der Waals surface area contributed by atoms with Crippen molar-refractivity contribution in [2.45, 2.75) is 13.1 Å². The van der Waals surface area contributed by atoms with Gasteiger partial charge in [0.05, 0.1) is 7.11 Å². The average molecular weight is 324 g/mol. The minimum Gasteiger partial charge on any atom is -0.466 e. The van der Waals surface area contributed by atoms with Gasteiger partial charge in [0.1, 0.15) is 5.41 Å². The molecular weight excluding hydrogens is 304 g/mol. The van der Waals surface area contributed by atoms with Gasteiger partial charge in [-0.05, 0) is 11.6 Å². The molecule has 0 aliphatic rings. The van der Waals surface area contributed by atoms with Crippen molar-refractivity contribution < 1.29 is 14.3 Å². The molecule has 118 valence electrons. The van der Waals surface area contributed by atoms with Crippen LogP contribution < -0.4 is 5.19 Å². The van der Waals surface area contributed by atoms with Crippen LogP contribution in [0.3, 0.4) is 0 Å². The Labute approximate surface area is 137 Å². The van der Waals surface area contributed by atoms with Gasteiger partial charge in [-0.15, -0.1) is 0 Å². The van der Waals surface area contributed by atoms with Crippen molar-refractivity contribution >= 4 is 30.7 Å². The first-order valence-electron chi connectivity index (χ1n) is 7.42. The van der Waals surface area contributed by atoms with E-state index < -0.39 is 14.0 Å². The number of ether oxygens (including phenoxy) is 1. The van der Waals surface area contributed by atoms with E-state index in [2.05, 4.69) is 4.74 Å². The van der Waals surface area contributed by atoms with Gasteiger partial charge in [0.25, 0.3) is 0 Å². The van der Waals surface area contributed by atoms with Gasteiger partial charge >= 0.3 is 5.97 Å². The molecule has 2 aromatic rings. The molecule has 2 aromatic carbocycles. The number of esters is 1. The van der Waals surface area contributed by atoms with Gasteiger partial charge in [0.2, 0.25) is 0 Å². The fraction of sp³-hybridized carbons (Fsp3) is 0.158. The summed E-state index contributed by atoms with van der Waals surface area (Å²) in [6, 6.07) is 17.2. The summed E-state index contributed by atoms with van der Waals surface area (Å²) >= 11 is 0. The van der Waals surface area contributed by atoms with E-state index in [0.717, 1.165) is 10.8 Å². The first kappa shape index (κ1) is 16.9. The second-order valence-electron chi connectivity index (χ2n) is 5.76. The maximum absolute atomic E-state index is 13.1. The zero-order valence-corrected chi connectivity index (χ0v) is 14.6. The largest absolute Gasteiger partial charge is 0.466 e. The topological polar surface area (TPSA) is 43.4 Å². The lowest BCUT2D eigenvalue weighted by molar-refractivity contribution is -0.134. The lowest BCUT2D eigenvalue weighted by Gasteiger charge is -2.22. The van der Waals surface area contributed by atoms with E-state index in [9.17, 15) is 9.59 Å². The highest BCUT2D eigenvalue weighted by atomic mass is 28.3.